The van der Waals surface area contributed by atoms with Crippen molar-refractivity contribution in [2.75, 3.05) is 11.1 Å². The molecule has 0 aliphatic carbocycles. The van der Waals surface area contributed by atoms with E-state index in [0.717, 1.165) is 23.6 Å². The summed E-state index contributed by atoms with van der Waals surface area (Å²) < 4.78 is 5.73. The number of para-hydroxylation sites is 2. The van der Waals surface area contributed by atoms with E-state index in [2.05, 4.69) is 26.3 Å². The third kappa shape index (κ3) is 5.88. The summed E-state index contributed by atoms with van der Waals surface area (Å²) in [6.45, 7) is 1.08. The first-order chi connectivity index (χ1) is 14.9. The normalized spacial score (nSPS) is 10.6. The molecule has 154 valence electrons. The number of rotatable bonds is 4. The molecule has 9 heteroatoms. The van der Waals surface area contributed by atoms with E-state index in [4.69, 9.17) is 20.1 Å². The lowest BCUT2D eigenvalue weighted by Gasteiger charge is -2.06. The highest BCUT2D eigenvalue weighted by molar-refractivity contribution is 5.89. The van der Waals surface area contributed by atoms with Crippen molar-refractivity contribution in [2.24, 2.45) is 0 Å². The molecule has 4 rings (SSSR count). The minimum atomic E-state index is -0.833. The Balaban J connectivity index is 0.000000628. The standard InChI is InChI=1S/C20H14N6O.C2H4O2/c21-12-14(11-16-10-13-6-4-5-9-17(13)27-16)18-24-19(22)26-20(25-18)23-15-7-2-1-3-8-15;1-2(3)4/h1-11H,(H3,22,23,24,25,26);1H3,(H,3,4). The molecule has 4 aromatic rings. The van der Waals surface area contributed by atoms with Crippen molar-refractivity contribution in [2.45, 2.75) is 6.92 Å². The zero-order valence-corrected chi connectivity index (χ0v) is 16.5. The van der Waals surface area contributed by atoms with E-state index in [1.54, 1.807) is 6.08 Å². The van der Waals surface area contributed by atoms with Gasteiger partial charge in [0, 0.05) is 24.1 Å². The number of aromatic nitrogens is 3. The van der Waals surface area contributed by atoms with Gasteiger partial charge in [0.05, 0.1) is 0 Å². The van der Waals surface area contributed by atoms with E-state index in [0.29, 0.717) is 5.76 Å². The Morgan fingerprint density at radius 1 is 1.13 bits per heavy atom. The van der Waals surface area contributed by atoms with Gasteiger partial charge in [-0.15, -0.1) is 0 Å². The van der Waals surface area contributed by atoms with Gasteiger partial charge in [-0.2, -0.15) is 20.2 Å². The average Bonchev–Trinajstić information content (AvgIpc) is 3.14. The number of fused-ring (bicyclic) bond motifs is 1. The number of nitrogens with two attached hydrogens (primary N) is 1. The topological polar surface area (TPSA) is 151 Å². The number of benzene rings is 2. The quantitative estimate of drug-likeness (QED) is 0.419. The van der Waals surface area contributed by atoms with E-state index >= 15 is 0 Å². The number of anilines is 3. The first-order valence-corrected chi connectivity index (χ1v) is 9.08. The molecule has 0 amide bonds. The van der Waals surface area contributed by atoms with Crippen LogP contribution in [0.3, 0.4) is 0 Å². The van der Waals surface area contributed by atoms with Crippen LogP contribution in [0.1, 0.15) is 18.5 Å². The number of carboxylic acid groups (broad SMARTS) is 1. The predicted molar refractivity (Wildman–Crippen MR) is 117 cm³/mol. The molecule has 2 aromatic heterocycles. The van der Waals surface area contributed by atoms with Crippen molar-refractivity contribution in [1.29, 1.82) is 5.26 Å². The molecule has 0 atom stereocenters. The van der Waals surface area contributed by atoms with Crippen LogP contribution in [0.2, 0.25) is 0 Å². The van der Waals surface area contributed by atoms with Crippen LogP contribution in [0, 0.1) is 11.3 Å². The van der Waals surface area contributed by atoms with E-state index in [-0.39, 0.29) is 23.3 Å². The van der Waals surface area contributed by atoms with Crippen LogP contribution in [0.5, 0.6) is 0 Å². The van der Waals surface area contributed by atoms with Gasteiger partial charge in [-0.05, 0) is 24.3 Å². The van der Waals surface area contributed by atoms with Crippen molar-refractivity contribution in [3.05, 3.63) is 72.2 Å². The summed E-state index contributed by atoms with van der Waals surface area (Å²) in [5.41, 5.74) is 7.56. The first-order valence-electron chi connectivity index (χ1n) is 9.08. The van der Waals surface area contributed by atoms with Crippen molar-refractivity contribution in [3.8, 4) is 6.07 Å². The van der Waals surface area contributed by atoms with Crippen LogP contribution in [0.4, 0.5) is 17.6 Å². The first kappa shape index (κ1) is 21.0. The van der Waals surface area contributed by atoms with E-state index in [1.165, 1.54) is 0 Å². The number of furan rings is 1. The molecular formula is C22H18N6O3. The Hall–Kier alpha value is -4.71. The number of hydrogen-bond acceptors (Lipinski definition) is 8. The molecule has 31 heavy (non-hydrogen) atoms. The van der Waals surface area contributed by atoms with Crippen LogP contribution in [-0.4, -0.2) is 26.0 Å². The monoisotopic (exact) mass is 414 g/mol. The number of nitrogens with one attached hydrogen (secondary N) is 1. The van der Waals surface area contributed by atoms with E-state index < -0.39 is 5.97 Å². The number of nitrogen functional groups attached to an aromatic ring is 1. The maximum Gasteiger partial charge on any atom is 0.300 e. The molecular weight excluding hydrogens is 396 g/mol. The smallest absolute Gasteiger partial charge is 0.300 e. The van der Waals surface area contributed by atoms with Gasteiger partial charge in [0.1, 0.15) is 23.0 Å². The molecule has 0 radical (unpaired) electrons. The van der Waals surface area contributed by atoms with Crippen LogP contribution in [0.15, 0.2) is 65.1 Å². The lowest BCUT2D eigenvalue weighted by atomic mass is 10.2. The Morgan fingerprint density at radius 2 is 1.81 bits per heavy atom. The molecule has 0 aliphatic rings. The zero-order valence-electron chi connectivity index (χ0n) is 16.5. The van der Waals surface area contributed by atoms with E-state index in [1.807, 2.05) is 60.7 Å². The Kier molecular flexibility index (Phi) is 6.55. The van der Waals surface area contributed by atoms with Gasteiger partial charge in [-0.25, -0.2) is 0 Å². The molecule has 0 unspecified atom stereocenters. The molecule has 9 nitrogen and oxygen atoms in total. The summed E-state index contributed by atoms with van der Waals surface area (Å²) in [5, 5.41) is 21.0. The summed E-state index contributed by atoms with van der Waals surface area (Å²) in [5.74, 6) is 0.145. The lowest BCUT2D eigenvalue weighted by Crippen LogP contribution is -2.06. The fourth-order valence-electron chi connectivity index (χ4n) is 2.58. The summed E-state index contributed by atoms with van der Waals surface area (Å²) in [6.07, 6.45) is 1.58. The van der Waals surface area contributed by atoms with Crippen LogP contribution in [0.25, 0.3) is 22.6 Å². The molecule has 0 spiro atoms. The van der Waals surface area contributed by atoms with Crippen LogP contribution in [-0.2, 0) is 4.79 Å². The molecule has 0 bridgehead atoms. The van der Waals surface area contributed by atoms with Gasteiger partial charge in [0.25, 0.3) is 5.97 Å². The second-order valence-electron chi connectivity index (χ2n) is 6.21. The maximum atomic E-state index is 9.57. The summed E-state index contributed by atoms with van der Waals surface area (Å²) >= 11 is 0. The molecule has 0 saturated heterocycles. The fourth-order valence-corrected chi connectivity index (χ4v) is 2.58. The van der Waals surface area contributed by atoms with Crippen LogP contribution >= 0.6 is 0 Å². The van der Waals surface area contributed by atoms with E-state index in [9.17, 15) is 5.26 Å². The number of carboxylic acids is 1. The minimum absolute atomic E-state index is 0.0178. The zero-order chi connectivity index (χ0) is 22.2. The third-order valence-electron chi connectivity index (χ3n) is 3.78. The number of carbonyl (C=O) groups is 1. The maximum absolute atomic E-state index is 9.57. The highest BCUT2D eigenvalue weighted by Gasteiger charge is 2.11. The van der Waals surface area contributed by atoms with Gasteiger partial charge in [0.2, 0.25) is 11.9 Å². The third-order valence-corrected chi connectivity index (χ3v) is 3.78. The number of nitrogens with zero attached hydrogens (tertiary/aromatic N) is 4. The van der Waals surface area contributed by atoms with Crippen molar-refractivity contribution < 1.29 is 14.3 Å². The van der Waals surface area contributed by atoms with Gasteiger partial charge < -0.3 is 20.6 Å². The van der Waals surface area contributed by atoms with Gasteiger partial charge in [-0.1, -0.05) is 36.4 Å². The Morgan fingerprint density at radius 3 is 2.48 bits per heavy atom. The average molecular weight is 414 g/mol. The minimum Gasteiger partial charge on any atom is -0.481 e. The molecule has 0 saturated carbocycles. The molecule has 0 fully saturated rings. The highest BCUT2D eigenvalue weighted by Crippen LogP contribution is 2.23. The largest absolute Gasteiger partial charge is 0.481 e. The van der Waals surface area contributed by atoms with Crippen molar-refractivity contribution in [1.82, 2.24) is 15.0 Å². The Bertz CT molecular complexity index is 1240. The molecule has 2 heterocycles. The number of hydrogen-bond donors (Lipinski definition) is 3. The van der Waals surface area contributed by atoms with Gasteiger partial charge in [0.15, 0.2) is 5.82 Å². The number of allylic oxidation sites excluding steroid dienone is 1. The SMILES string of the molecule is CC(=O)O.N#CC(=Cc1cc2ccccc2o1)c1nc(N)nc(Nc2ccccc2)n1. The summed E-state index contributed by atoms with van der Waals surface area (Å²) in [7, 11) is 0. The number of nitriles is 1. The summed E-state index contributed by atoms with van der Waals surface area (Å²) in [6, 6.07) is 21.0. The lowest BCUT2D eigenvalue weighted by molar-refractivity contribution is -0.134. The second-order valence-corrected chi connectivity index (χ2v) is 6.21. The molecule has 0 aliphatic heterocycles. The van der Waals surface area contributed by atoms with Crippen LogP contribution < -0.4 is 11.1 Å². The van der Waals surface area contributed by atoms with Crippen molar-refractivity contribution >= 4 is 46.2 Å². The second kappa shape index (κ2) is 9.67. The van der Waals surface area contributed by atoms with Gasteiger partial charge in [-0.3, -0.25) is 4.79 Å². The molecule has 2 aromatic carbocycles. The molecule has 4 N–H and O–H groups in total. The predicted octanol–water partition coefficient (Wildman–Crippen LogP) is 4.10. The highest BCUT2D eigenvalue weighted by atomic mass is 16.4. The fraction of sp³-hybridized carbons (Fsp3) is 0.0455. The van der Waals surface area contributed by atoms with Crippen molar-refractivity contribution in [3.63, 3.8) is 0 Å². The number of aliphatic carboxylic acids is 1. The Labute approximate surface area is 177 Å². The summed E-state index contributed by atoms with van der Waals surface area (Å²) in [4.78, 5) is 21.5. The van der Waals surface area contributed by atoms with Gasteiger partial charge >= 0.3 is 0 Å².